The molecule has 138 valence electrons. The van der Waals surface area contributed by atoms with Gasteiger partial charge in [-0.3, -0.25) is 4.79 Å². The van der Waals surface area contributed by atoms with Crippen LogP contribution in [0.25, 0.3) is 22.2 Å². The van der Waals surface area contributed by atoms with Crippen LogP contribution in [0.1, 0.15) is 15.9 Å². The summed E-state index contributed by atoms with van der Waals surface area (Å²) in [5.41, 5.74) is 3.56. The zero-order valence-corrected chi connectivity index (χ0v) is 15.8. The predicted octanol–water partition coefficient (Wildman–Crippen LogP) is 6.26. The van der Waals surface area contributed by atoms with Crippen LogP contribution in [0.5, 0.6) is 0 Å². The number of nitrogens with one attached hydrogen (secondary N) is 1. The van der Waals surface area contributed by atoms with Gasteiger partial charge < -0.3 is 5.32 Å². The standard InChI is InChI=1S/C23H16ClFN2O/c1-14-21(23(28)27-20-9-5-3-7-18(20)25)17-6-2-4-8-19(17)26-22(14)15-10-12-16(24)13-11-15/h2-13H,1H3,(H,27,28). The first-order chi connectivity index (χ1) is 13.5. The molecule has 1 heterocycles. The Bertz CT molecular complexity index is 1190. The molecule has 0 bridgehead atoms. The Morgan fingerprint density at radius 1 is 0.964 bits per heavy atom. The highest BCUT2D eigenvalue weighted by Gasteiger charge is 2.19. The molecular formula is C23H16ClFN2O. The molecule has 5 heteroatoms. The molecule has 3 aromatic carbocycles. The quantitative estimate of drug-likeness (QED) is 0.449. The first-order valence-corrected chi connectivity index (χ1v) is 9.13. The maximum Gasteiger partial charge on any atom is 0.256 e. The van der Waals surface area contributed by atoms with Crippen molar-refractivity contribution in [1.29, 1.82) is 0 Å². The minimum Gasteiger partial charge on any atom is -0.319 e. The monoisotopic (exact) mass is 390 g/mol. The average Bonchev–Trinajstić information content (AvgIpc) is 2.70. The number of hydrogen-bond donors (Lipinski definition) is 1. The van der Waals surface area contributed by atoms with Crippen LogP contribution in [0.2, 0.25) is 5.02 Å². The molecule has 0 aliphatic heterocycles. The summed E-state index contributed by atoms with van der Waals surface area (Å²) < 4.78 is 14.0. The van der Waals surface area contributed by atoms with Crippen LogP contribution >= 0.6 is 11.6 Å². The minimum atomic E-state index is -0.482. The molecule has 0 spiro atoms. The Morgan fingerprint density at radius 2 is 1.64 bits per heavy atom. The van der Waals surface area contributed by atoms with E-state index in [1.54, 1.807) is 24.3 Å². The zero-order chi connectivity index (χ0) is 19.7. The SMILES string of the molecule is Cc1c(-c2ccc(Cl)cc2)nc2ccccc2c1C(=O)Nc1ccccc1F. The number of rotatable bonds is 3. The van der Waals surface area contributed by atoms with Gasteiger partial charge >= 0.3 is 0 Å². The highest BCUT2D eigenvalue weighted by atomic mass is 35.5. The molecule has 1 aromatic heterocycles. The van der Waals surface area contributed by atoms with E-state index in [2.05, 4.69) is 5.32 Å². The van der Waals surface area contributed by atoms with E-state index < -0.39 is 5.82 Å². The second-order valence-electron chi connectivity index (χ2n) is 6.42. The molecule has 0 aliphatic carbocycles. The van der Waals surface area contributed by atoms with Crippen LogP contribution in [0.4, 0.5) is 10.1 Å². The van der Waals surface area contributed by atoms with Gasteiger partial charge in [-0.15, -0.1) is 0 Å². The van der Waals surface area contributed by atoms with E-state index in [1.165, 1.54) is 12.1 Å². The molecule has 4 rings (SSSR count). The van der Waals surface area contributed by atoms with E-state index in [0.29, 0.717) is 27.2 Å². The lowest BCUT2D eigenvalue weighted by Crippen LogP contribution is -2.16. The molecule has 0 atom stereocenters. The number of halogens is 2. The molecule has 4 aromatic rings. The van der Waals surface area contributed by atoms with Crippen LogP contribution in [-0.2, 0) is 0 Å². The van der Waals surface area contributed by atoms with Gasteiger partial charge in [-0.1, -0.05) is 54.1 Å². The van der Waals surface area contributed by atoms with Crippen LogP contribution in [0.3, 0.4) is 0 Å². The summed E-state index contributed by atoms with van der Waals surface area (Å²) in [6, 6.07) is 20.8. The molecule has 0 saturated heterocycles. The largest absolute Gasteiger partial charge is 0.319 e. The van der Waals surface area contributed by atoms with Crippen molar-refractivity contribution in [2.45, 2.75) is 6.92 Å². The number of carbonyl (C=O) groups is 1. The molecule has 1 amide bonds. The number of fused-ring (bicyclic) bond motifs is 1. The van der Waals surface area contributed by atoms with Crippen LogP contribution < -0.4 is 5.32 Å². The van der Waals surface area contributed by atoms with Gasteiger partial charge in [-0.25, -0.2) is 9.37 Å². The van der Waals surface area contributed by atoms with Crippen molar-refractivity contribution >= 4 is 34.1 Å². The fourth-order valence-corrected chi connectivity index (χ4v) is 3.36. The van der Waals surface area contributed by atoms with Crippen LogP contribution in [0.15, 0.2) is 72.8 Å². The summed E-state index contributed by atoms with van der Waals surface area (Å²) in [4.78, 5) is 17.9. The second kappa shape index (κ2) is 7.41. The molecule has 0 fully saturated rings. The normalized spacial score (nSPS) is 10.8. The molecule has 0 unspecified atom stereocenters. The van der Waals surface area contributed by atoms with Crippen molar-refractivity contribution < 1.29 is 9.18 Å². The van der Waals surface area contributed by atoms with Gasteiger partial charge in [0.15, 0.2) is 0 Å². The summed E-state index contributed by atoms with van der Waals surface area (Å²) in [6.07, 6.45) is 0. The molecule has 1 N–H and O–H groups in total. The maximum atomic E-state index is 14.0. The smallest absolute Gasteiger partial charge is 0.256 e. The van der Waals surface area contributed by atoms with E-state index >= 15 is 0 Å². The minimum absolute atomic E-state index is 0.140. The summed E-state index contributed by atoms with van der Waals surface area (Å²) in [7, 11) is 0. The number of hydrogen-bond acceptors (Lipinski definition) is 2. The van der Waals surface area contributed by atoms with E-state index in [1.807, 2.05) is 43.3 Å². The first kappa shape index (κ1) is 18.1. The molecular weight excluding hydrogens is 375 g/mol. The van der Waals surface area contributed by atoms with Crippen molar-refractivity contribution in [3.05, 3.63) is 94.8 Å². The van der Waals surface area contributed by atoms with Gasteiger partial charge in [0.25, 0.3) is 5.91 Å². The van der Waals surface area contributed by atoms with E-state index in [9.17, 15) is 9.18 Å². The number of aromatic nitrogens is 1. The van der Waals surface area contributed by atoms with Gasteiger partial charge in [-0.05, 0) is 42.8 Å². The third-order valence-electron chi connectivity index (χ3n) is 4.60. The van der Waals surface area contributed by atoms with Crippen LogP contribution in [0, 0.1) is 12.7 Å². The molecule has 3 nitrogen and oxygen atoms in total. The Labute approximate surface area is 166 Å². The third-order valence-corrected chi connectivity index (χ3v) is 4.85. The molecule has 0 saturated carbocycles. The van der Waals surface area contributed by atoms with Gasteiger partial charge in [0.05, 0.1) is 22.5 Å². The highest BCUT2D eigenvalue weighted by molar-refractivity contribution is 6.30. The Morgan fingerprint density at radius 3 is 2.39 bits per heavy atom. The van der Waals surface area contributed by atoms with Gasteiger partial charge in [0, 0.05) is 16.0 Å². The van der Waals surface area contributed by atoms with Gasteiger partial charge in [-0.2, -0.15) is 0 Å². The van der Waals surface area contributed by atoms with E-state index in [4.69, 9.17) is 16.6 Å². The van der Waals surface area contributed by atoms with Gasteiger partial charge in [0.2, 0.25) is 0 Å². The first-order valence-electron chi connectivity index (χ1n) is 8.76. The number of nitrogens with zero attached hydrogens (tertiary/aromatic N) is 1. The van der Waals surface area contributed by atoms with Crippen LogP contribution in [-0.4, -0.2) is 10.9 Å². The fourth-order valence-electron chi connectivity index (χ4n) is 3.24. The highest BCUT2D eigenvalue weighted by Crippen LogP contribution is 2.31. The summed E-state index contributed by atoms with van der Waals surface area (Å²) in [5.74, 6) is -0.860. The number of amides is 1. The van der Waals surface area contributed by atoms with E-state index in [0.717, 1.165) is 11.1 Å². The third kappa shape index (κ3) is 3.35. The number of pyridine rings is 1. The topological polar surface area (TPSA) is 42.0 Å². The molecule has 28 heavy (non-hydrogen) atoms. The van der Waals surface area contributed by atoms with Crippen molar-refractivity contribution in [3.63, 3.8) is 0 Å². The maximum absolute atomic E-state index is 14.0. The van der Waals surface area contributed by atoms with Crippen molar-refractivity contribution in [2.75, 3.05) is 5.32 Å². The zero-order valence-electron chi connectivity index (χ0n) is 15.0. The summed E-state index contributed by atoms with van der Waals surface area (Å²) in [6.45, 7) is 1.85. The summed E-state index contributed by atoms with van der Waals surface area (Å²) >= 11 is 6.00. The van der Waals surface area contributed by atoms with Crippen molar-refractivity contribution in [2.24, 2.45) is 0 Å². The Balaban J connectivity index is 1.89. The lowest BCUT2D eigenvalue weighted by atomic mass is 9.97. The Hall–Kier alpha value is -3.24. The summed E-state index contributed by atoms with van der Waals surface area (Å²) in [5, 5.41) is 4.02. The lowest BCUT2D eigenvalue weighted by Gasteiger charge is -2.15. The van der Waals surface area contributed by atoms with E-state index in [-0.39, 0.29) is 11.6 Å². The Kier molecular flexibility index (Phi) is 4.80. The van der Waals surface area contributed by atoms with Gasteiger partial charge in [0.1, 0.15) is 5.82 Å². The predicted molar refractivity (Wildman–Crippen MR) is 111 cm³/mol. The number of benzene rings is 3. The lowest BCUT2D eigenvalue weighted by molar-refractivity contribution is 0.102. The number of para-hydroxylation sites is 2. The average molecular weight is 391 g/mol. The van der Waals surface area contributed by atoms with Crippen molar-refractivity contribution in [1.82, 2.24) is 4.98 Å². The number of carbonyl (C=O) groups excluding carboxylic acids is 1. The molecule has 0 radical (unpaired) electrons. The number of anilines is 1. The molecule has 0 aliphatic rings. The van der Waals surface area contributed by atoms with Crippen molar-refractivity contribution in [3.8, 4) is 11.3 Å². The fraction of sp³-hybridized carbons (Fsp3) is 0.0435. The second-order valence-corrected chi connectivity index (χ2v) is 6.85.